The first-order valence-corrected chi connectivity index (χ1v) is 11.5. The summed E-state index contributed by atoms with van der Waals surface area (Å²) in [6.45, 7) is 5.00. The highest BCUT2D eigenvalue weighted by atomic mass is 35.5. The lowest BCUT2D eigenvalue weighted by Crippen LogP contribution is -2.22. The van der Waals surface area contributed by atoms with Gasteiger partial charge in [-0.3, -0.25) is 14.3 Å². The van der Waals surface area contributed by atoms with Gasteiger partial charge in [0.05, 0.1) is 22.1 Å². The number of halogens is 4. The monoisotopic (exact) mass is 521 g/mol. The number of hydrogen-bond donors (Lipinski definition) is 2. The van der Waals surface area contributed by atoms with Gasteiger partial charge in [-0.15, -0.1) is 11.3 Å². The Balaban J connectivity index is 1.89. The Kier molecular flexibility index (Phi) is 6.32. The standard InChI is InChI=1S/C23H19ClF3N5O2S/c1-10-4-6-13(7-5-10)14-8-15(23(25,26)27)29-22-17(14)19(20(35-22)21(28)34)30-16(33)9-32-12(3)18(24)11(2)31-32/h4-8H,9H2,1-3H3,(H2,28,34)(H,30,33). The maximum absolute atomic E-state index is 13.6. The Hall–Kier alpha value is -3.44. The van der Waals surface area contributed by atoms with Crippen molar-refractivity contribution in [2.45, 2.75) is 33.5 Å². The molecule has 182 valence electrons. The molecule has 35 heavy (non-hydrogen) atoms. The van der Waals surface area contributed by atoms with Crippen LogP contribution in [0.4, 0.5) is 18.9 Å². The van der Waals surface area contributed by atoms with E-state index >= 15 is 0 Å². The second kappa shape index (κ2) is 8.97. The molecular weight excluding hydrogens is 503 g/mol. The number of nitrogens with one attached hydrogen (secondary N) is 1. The summed E-state index contributed by atoms with van der Waals surface area (Å²) >= 11 is 6.83. The number of rotatable bonds is 5. The number of alkyl halides is 3. The molecule has 3 N–H and O–H groups in total. The lowest BCUT2D eigenvalue weighted by molar-refractivity contribution is -0.140. The molecule has 0 radical (unpaired) electrons. The lowest BCUT2D eigenvalue weighted by atomic mass is 10.00. The van der Waals surface area contributed by atoms with Crippen LogP contribution in [0.15, 0.2) is 30.3 Å². The molecule has 7 nitrogen and oxygen atoms in total. The number of carbonyl (C=O) groups excluding carboxylic acids is 2. The molecule has 0 aliphatic heterocycles. The Morgan fingerprint density at radius 1 is 1.17 bits per heavy atom. The molecule has 0 saturated heterocycles. The number of nitrogens with zero attached hydrogens (tertiary/aromatic N) is 3. The van der Waals surface area contributed by atoms with Crippen LogP contribution in [0.1, 0.15) is 32.3 Å². The molecule has 4 aromatic rings. The molecule has 0 fully saturated rings. The topological polar surface area (TPSA) is 103 Å². The van der Waals surface area contributed by atoms with Crippen molar-refractivity contribution in [1.82, 2.24) is 14.8 Å². The van der Waals surface area contributed by atoms with Gasteiger partial charge in [0.25, 0.3) is 5.91 Å². The molecule has 2 amide bonds. The van der Waals surface area contributed by atoms with E-state index in [1.54, 1.807) is 38.1 Å². The van der Waals surface area contributed by atoms with E-state index in [1.165, 1.54) is 4.68 Å². The molecule has 0 bridgehead atoms. The van der Waals surface area contributed by atoms with Gasteiger partial charge in [0.15, 0.2) is 0 Å². The van der Waals surface area contributed by atoms with Crippen molar-refractivity contribution >= 4 is 50.7 Å². The van der Waals surface area contributed by atoms with Crippen LogP contribution in [0.25, 0.3) is 21.3 Å². The predicted molar refractivity (Wildman–Crippen MR) is 129 cm³/mol. The van der Waals surface area contributed by atoms with Gasteiger partial charge in [-0.25, -0.2) is 4.98 Å². The summed E-state index contributed by atoms with van der Waals surface area (Å²) < 4.78 is 42.3. The Morgan fingerprint density at radius 2 is 1.83 bits per heavy atom. The highest BCUT2D eigenvalue weighted by Crippen LogP contribution is 2.43. The summed E-state index contributed by atoms with van der Waals surface area (Å²) in [6, 6.07) is 7.73. The van der Waals surface area contributed by atoms with E-state index in [2.05, 4.69) is 15.4 Å². The third kappa shape index (κ3) is 4.73. The van der Waals surface area contributed by atoms with Crippen LogP contribution in [0.2, 0.25) is 5.02 Å². The van der Waals surface area contributed by atoms with Gasteiger partial charge in [0.2, 0.25) is 5.91 Å². The number of fused-ring (bicyclic) bond motifs is 1. The fourth-order valence-corrected chi connectivity index (χ4v) is 4.78. The predicted octanol–water partition coefficient (Wildman–Crippen LogP) is 5.49. The van der Waals surface area contributed by atoms with Crippen LogP contribution in [0.3, 0.4) is 0 Å². The molecule has 0 atom stereocenters. The average molecular weight is 522 g/mol. The normalized spacial score (nSPS) is 11.7. The van der Waals surface area contributed by atoms with E-state index in [0.717, 1.165) is 11.6 Å². The minimum absolute atomic E-state index is 0.00641. The van der Waals surface area contributed by atoms with Gasteiger partial charge in [0, 0.05) is 5.39 Å². The Labute approximate surface area is 206 Å². The van der Waals surface area contributed by atoms with Gasteiger partial charge in [-0.05, 0) is 38.0 Å². The first-order chi connectivity index (χ1) is 16.4. The number of carbonyl (C=O) groups is 2. The van der Waals surface area contributed by atoms with Gasteiger partial charge >= 0.3 is 6.18 Å². The van der Waals surface area contributed by atoms with Crippen molar-refractivity contribution in [3.63, 3.8) is 0 Å². The van der Waals surface area contributed by atoms with Crippen LogP contribution in [-0.2, 0) is 17.5 Å². The lowest BCUT2D eigenvalue weighted by Gasteiger charge is -2.13. The van der Waals surface area contributed by atoms with Crippen molar-refractivity contribution in [2.24, 2.45) is 5.73 Å². The first-order valence-electron chi connectivity index (χ1n) is 10.3. The highest BCUT2D eigenvalue weighted by molar-refractivity contribution is 7.21. The number of aromatic nitrogens is 3. The second-order valence-electron chi connectivity index (χ2n) is 7.96. The number of primary amides is 1. The second-order valence-corrected chi connectivity index (χ2v) is 9.34. The average Bonchev–Trinajstić information content (AvgIpc) is 3.26. The van der Waals surface area contributed by atoms with Crippen molar-refractivity contribution < 1.29 is 22.8 Å². The molecule has 3 aromatic heterocycles. The Bertz CT molecular complexity index is 1480. The zero-order valence-electron chi connectivity index (χ0n) is 18.7. The summed E-state index contributed by atoms with van der Waals surface area (Å²) in [5.41, 5.74) is 7.06. The van der Waals surface area contributed by atoms with Crippen molar-refractivity contribution in [3.05, 3.63) is 62.9 Å². The molecule has 0 aliphatic carbocycles. The third-order valence-electron chi connectivity index (χ3n) is 5.39. The number of anilines is 1. The largest absolute Gasteiger partial charge is 0.433 e. The maximum Gasteiger partial charge on any atom is 0.433 e. The van der Waals surface area contributed by atoms with Gasteiger partial charge in [-0.2, -0.15) is 18.3 Å². The molecule has 1 aromatic carbocycles. The van der Waals surface area contributed by atoms with Gasteiger partial charge in [-0.1, -0.05) is 41.4 Å². The number of amides is 2. The number of pyridine rings is 1. The Morgan fingerprint density at radius 3 is 2.37 bits per heavy atom. The van der Waals surface area contributed by atoms with Gasteiger partial charge < -0.3 is 11.1 Å². The molecule has 4 rings (SSSR count). The van der Waals surface area contributed by atoms with E-state index in [-0.39, 0.29) is 32.9 Å². The number of hydrogen-bond acceptors (Lipinski definition) is 5. The fraction of sp³-hybridized carbons (Fsp3) is 0.217. The number of thiophene rings is 1. The maximum atomic E-state index is 13.6. The fourth-order valence-electron chi connectivity index (χ4n) is 3.64. The van der Waals surface area contributed by atoms with E-state index in [0.29, 0.717) is 33.3 Å². The molecule has 12 heteroatoms. The third-order valence-corrected chi connectivity index (χ3v) is 7.04. The quantitative estimate of drug-likeness (QED) is 0.362. The first kappa shape index (κ1) is 24.7. The van der Waals surface area contributed by atoms with Crippen LogP contribution in [0.5, 0.6) is 0 Å². The van der Waals surface area contributed by atoms with Crippen molar-refractivity contribution in [2.75, 3.05) is 5.32 Å². The summed E-state index contributed by atoms with van der Waals surface area (Å²) in [6.07, 6.45) is -4.72. The molecular formula is C23H19ClF3N5O2S. The van der Waals surface area contributed by atoms with Crippen LogP contribution in [0, 0.1) is 20.8 Å². The number of aryl methyl sites for hydroxylation is 2. The summed E-state index contributed by atoms with van der Waals surface area (Å²) in [5, 5.41) is 7.47. The molecule has 0 saturated carbocycles. The van der Waals surface area contributed by atoms with Crippen LogP contribution < -0.4 is 11.1 Å². The molecule has 0 aliphatic rings. The van der Waals surface area contributed by atoms with E-state index in [4.69, 9.17) is 17.3 Å². The highest BCUT2D eigenvalue weighted by Gasteiger charge is 2.35. The van der Waals surface area contributed by atoms with E-state index < -0.39 is 23.7 Å². The minimum atomic E-state index is -4.72. The van der Waals surface area contributed by atoms with E-state index in [1.807, 2.05) is 6.92 Å². The SMILES string of the molecule is Cc1ccc(-c2cc(C(F)(F)F)nc3sc(C(N)=O)c(NC(=O)Cn4nc(C)c(Cl)c4C)c23)cc1. The van der Waals surface area contributed by atoms with Crippen LogP contribution in [-0.4, -0.2) is 26.6 Å². The number of nitrogens with two attached hydrogens (primary N) is 1. The molecule has 0 spiro atoms. The van der Waals surface area contributed by atoms with Crippen LogP contribution >= 0.6 is 22.9 Å². The molecule has 0 unspecified atom stereocenters. The molecule has 3 heterocycles. The van der Waals surface area contributed by atoms with Crippen molar-refractivity contribution in [1.29, 1.82) is 0 Å². The smallest absolute Gasteiger partial charge is 0.365 e. The zero-order valence-corrected chi connectivity index (χ0v) is 20.3. The van der Waals surface area contributed by atoms with E-state index in [9.17, 15) is 22.8 Å². The number of benzene rings is 1. The van der Waals surface area contributed by atoms with Crippen molar-refractivity contribution in [3.8, 4) is 11.1 Å². The zero-order chi connectivity index (χ0) is 25.7. The summed E-state index contributed by atoms with van der Waals surface area (Å²) in [5.74, 6) is -1.47. The summed E-state index contributed by atoms with van der Waals surface area (Å²) in [7, 11) is 0. The minimum Gasteiger partial charge on any atom is -0.365 e. The van der Waals surface area contributed by atoms with Gasteiger partial charge in [0.1, 0.15) is 21.9 Å². The summed E-state index contributed by atoms with van der Waals surface area (Å²) in [4.78, 5) is 28.7.